The predicted octanol–water partition coefficient (Wildman–Crippen LogP) is 4.47. The molecule has 0 atom stereocenters. The van der Waals surface area contributed by atoms with Crippen LogP contribution < -0.4 is 5.56 Å². The van der Waals surface area contributed by atoms with E-state index in [9.17, 15) is 4.79 Å². The Bertz CT molecular complexity index is 1090. The van der Waals surface area contributed by atoms with Gasteiger partial charge in [0, 0.05) is 11.1 Å². The van der Waals surface area contributed by atoms with E-state index in [2.05, 4.69) is 10.1 Å². The molecule has 8 heteroatoms. The molecule has 0 amide bonds. The van der Waals surface area contributed by atoms with Crippen molar-refractivity contribution in [2.24, 2.45) is 0 Å². The summed E-state index contributed by atoms with van der Waals surface area (Å²) in [5.74, 6) is 0.674. The molecule has 4 rings (SSSR count). The number of fused-ring (bicyclic) bond motifs is 1. The quantitative estimate of drug-likeness (QED) is 0.528. The number of aromatic nitrogens is 3. The Kier molecular flexibility index (Phi) is 3.88. The first-order valence-corrected chi connectivity index (χ1v) is 8.59. The Labute approximate surface area is 150 Å². The van der Waals surface area contributed by atoms with E-state index in [4.69, 9.17) is 27.7 Å². The van der Waals surface area contributed by atoms with Crippen LogP contribution in [0.1, 0.15) is 5.69 Å². The Balaban J connectivity index is 1.73. The van der Waals surface area contributed by atoms with Gasteiger partial charge in [0.1, 0.15) is 5.69 Å². The van der Waals surface area contributed by atoms with Gasteiger partial charge >= 0.3 is 0 Å². The molecule has 1 aromatic carbocycles. The highest BCUT2D eigenvalue weighted by atomic mass is 35.5. The molecule has 0 bridgehead atoms. The van der Waals surface area contributed by atoms with Crippen LogP contribution in [0.2, 0.25) is 10.0 Å². The van der Waals surface area contributed by atoms with Crippen molar-refractivity contribution in [3.8, 4) is 10.6 Å². The SMILES string of the molecule is O=c1c2cc(Cl)cc(Cl)c2ncn1Cc1cc(-c2cccs2)on1. The predicted molar refractivity (Wildman–Crippen MR) is 94.9 cm³/mol. The third kappa shape index (κ3) is 2.73. The van der Waals surface area contributed by atoms with E-state index in [0.717, 1.165) is 4.88 Å². The first kappa shape index (κ1) is 15.4. The third-order valence-electron chi connectivity index (χ3n) is 3.50. The molecule has 3 heterocycles. The van der Waals surface area contributed by atoms with Gasteiger partial charge in [0.15, 0.2) is 5.76 Å². The zero-order valence-corrected chi connectivity index (χ0v) is 14.4. The van der Waals surface area contributed by atoms with E-state index >= 15 is 0 Å². The van der Waals surface area contributed by atoms with Gasteiger partial charge in [-0.2, -0.15) is 0 Å². The van der Waals surface area contributed by atoms with Crippen LogP contribution in [-0.4, -0.2) is 14.7 Å². The third-order valence-corrected chi connectivity index (χ3v) is 4.89. The van der Waals surface area contributed by atoms with Gasteiger partial charge in [-0.05, 0) is 23.6 Å². The first-order chi connectivity index (χ1) is 11.6. The Hall–Kier alpha value is -2.15. The van der Waals surface area contributed by atoms with Gasteiger partial charge in [0.2, 0.25) is 0 Å². The molecule has 0 aliphatic carbocycles. The molecular weight excluding hydrogens is 369 g/mol. The number of thiophene rings is 1. The van der Waals surface area contributed by atoms with Crippen molar-refractivity contribution in [3.63, 3.8) is 0 Å². The fraction of sp³-hybridized carbons (Fsp3) is 0.0625. The topological polar surface area (TPSA) is 60.9 Å². The van der Waals surface area contributed by atoms with E-state index in [0.29, 0.717) is 32.4 Å². The zero-order chi connectivity index (χ0) is 16.7. The molecule has 4 aromatic rings. The van der Waals surface area contributed by atoms with Crippen LogP contribution in [0.15, 0.2) is 51.4 Å². The van der Waals surface area contributed by atoms with Crippen LogP contribution in [0.25, 0.3) is 21.5 Å². The van der Waals surface area contributed by atoms with Gasteiger partial charge in [-0.15, -0.1) is 11.3 Å². The number of hydrogen-bond donors (Lipinski definition) is 0. The van der Waals surface area contributed by atoms with E-state index in [-0.39, 0.29) is 12.1 Å². The number of hydrogen-bond acceptors (Lipinski definition) is 5. The fourth-order valence-electron chi connectivity index (χ4n) is 2.40. The lowest BCUT2D eigenvalue weighted by atomic mass is 10.2. The monoisotopic (exact) mass is 377 g/mol. The summed E-state index contributed by atoms with van der Waals surface area (Å²) in [6, 6.07) is 8.82. The molecule has 120 valence electrons. The highest BCUT2D eigenvalue weighted by Crippen LogP contribution is 2.26. The lowest BCUT2D eigenvalue weighted by Crippen LogP contribution is -2.21. The number of nitrogens with zero attached hydrogens (tertiary/aromatic N) is 3. The van der Waals surface area contributed by atoms with Crippen LogP contribution in [0.5, 0.6) is 0 Å². The van der Waals surface area contributed by atoms with Gasteiger partial charge < -0.3 is 4.52 Å². The molecule has 5 nitrogen and oxygen atoms in total. The van der Waals surface area contributed by atoms with Crippen molar-refractivity contribution in [1.29, 1.82) is 0 Å². The lowest BCUT2D eigenvalue weighted by Gasteiger charge is -2.05. The van der Waals surface area contributed by atoms with Crippen LogP contribution in [0.3, 0.4) is 0 Å². The van der Waals surface area contributed by atoms with Crippen molar-refractivity contribution in [2.75, 3.05) is 0 Å². The summed E-state index contributed by atoms with van der Waals surface area (Å²) < 4.78 is 6.78. The standard InChI is InChI=1S/C16H9Cl2N3O2S/c17-9-4-11-15(12(18)5-9)19-8-21(16(11)22)7-10-6-13(23-20-10)14-2-1-3-24-14/h1-6,8H,7H2. The van der Waals surface area contributed by atoms with E-state index < -0.39 is 0 Å². The second kappa shape index (κ2) is 6.05. The molecule has 0 aliphatic rings. The molecule has 24 heavy (non-hydrogen) atoms. The van der Waals surface area contributed by atoms with Gasteiger partial charge in [-0.3, -0.25) is 9.36 Å². The second-order valence-electron chi connectivity index (χ2n) is 5.12. The maximum Gasteiger partial charge on any atom is 0.261 e. The average molecular weight is 378 g/mol. The van der Waals surface area contributed by atoms with Crippen LogP contribution in [0, 0.1) is 0 Å². The summed E-state index contributed by atoms with van der Waals surface area (Å²) in [6.07, 6.45) is 1.45. The Morgan fingerprint density at radius 1 is 1.25 bits per heavy atom. The Morgan fingerprint density at radius 3 is 2.92 bits per heavy atom. The van der Waals surface area contributed by atoms with Crippen molar-refractivity contribution in [1.82, 2.24) is 14.7 Å². The normalized spacial score (nSPS) is 11.2. The molecule has 0 saturated carbocycles. The summed E-state index contributed by atoms with van der Waals surface area (Å²) in [7, 11) is 0. The van der Waals surface area contributed by atoms with E-state index in [1.807, 2.05) is 23.6 Å². The van der Waals surface area contributed by atoms with Gasteiger partial charge in [-0.25, -0.2) is 4.98 Å². The zero-order valence-electron chi connectivity index (χ0n) is 12.1. The first-order valence-electron chi connectivity index (χ1n) is 6.95. The maximum atomic E-state index is 12.6. The second-order valence-corrected chi connectivity index (χ2v) is 6.91. The highest BCUT2D eigenvalue weighted by molar-refractivity contribution is 7.13. The van der Waals surface area contributed by atoms with E-state index in [1.165, 1.54) is 10.9 Å². The fourth-order valence-corrected chi connectivity index (χ4v) is 3.62. The van der Waals surface area contributed by atoms with Gasteiger partial charge in [0.05, 0.1) is 33.7 Å². The summed E-state index contributed by atoms with van der Waals surface area (Å²) in [5.41, 5.74) is 0.835. The molecule has 0 fully saturated rings. The minimum atomic E-state index is -0.231. The molecule has 0 saturated heterocycles. The van der Waals surface area contributed by atoms with Crippen LogP contribution >= 0.6 is 34.5 Å². The van der Waals surface area contributed by atoms with Gasteiger partial charge in [-0.1, -0.05) is 34.4 Å². The van der Waals surface area contributed by atoms with Crippen LogP contribution in [0.4, 0.5) is 0 Å². The molecular formula is C16H9Cl2N3O2S. The molecule has 0 unspecified atom stereocenters. The van der Waals surface area contributed by atoms with Crippen molar-refractivity contribution in [3.05, 3.63) is 68.1 Å². The van der Waals surface area contributed by atoms with Crippen molar-refractivity contribution >= 4 is 45.4 Å². The molecule has 0 spiro atoms. The summed E-state index contributed by atoms with van der Waals surface area (Å²) in [5, 5.41) is 7.09. The molecule has 3 aromatic heterocycles. The highest BCUT2D eigenvalue weighted by Gasteiger charge is 2.12. The minimum Gasteiger partial charge on any atom is -0.355 e. The van der Waals surface area contributed by atoms with Crippen LogP contribution in [-0.2, 0) is 6.54 Å². The summed E-state index contributed by atoms with van der Waals surface area (Å²) in [6.45, 7) is 0.251. The minimum absolute atomic E-state index is 0.231. The van der Waals surface area contributed by atoms with Gasteiger partial charge in [0.25, 0.3) is 5.56 Å². The summed E-state index contributed by atoms with van der Waals surface area (Å²) in [4.78, 5) is 17.9. The largest absolute Gasteiger partial charge is 0.355 e. The molecule has 0 N–H and O–H groups in total. The average Bonchev–Trinajstić information content (AvgIpc) is 3.21. The van der Waals surface area contributed by atoms with Crippen molar-refractivity contribution in [2.45, 2.75) is 6.54 Å². The molecule has 0 radical (unpaired) electrons. The number of halogens is 2. The van der Waals surface area contributed by atoms with Crippen molar-refractivity contribution < 1.29 is 4.52 Å². The Morgan fingerprint density at radius 2 is 2.12 bits per heavy atom. The smallest absolute Gasteiger partial charge is 0.261 e. The molecule has 0 aliphatic heterocycles. The maximum absolute atomic E-state index is 12.6. The lowest BCUT2D eigenvalue weighted by molar-refractivity contribution is 0.421. The number of rotatable bonds is 3. The van der Waals surface area contributed by atoms with E-state index in [1.54, 1.807) is 23.5 Å². The number of benzene rings is 1. The summed E-state index contributed by atoms with van der Waals surface area (Å²) >= 11 is 13.6.